The normalized spacial score (nSPS) is 10.4. The minimum Gasteiger partial charge on any atom is -0.350 e. The monoisotopic (exact) mass is 311 g/mol. The molecule has 0 aliphatic rings. The number of carbonyl (C=O) groups excluding carboxylic acids is 2. The minimum atomic E-state index is -0.299. The quantitative estimate of drug-likeness (QED) is 0.860. The molecule has 5 nitrogen and oxygen atoms in total. The number of amides is 2. The molecule has 0 aliphatic carbocycles. The van der Waals surface area contributed by atoms with Gasteiger partial charge in [0, 0.05) is 13.1 Å². The number of hydrogen-bond acceptors (Lipinski definition) is 3. The van der Waals surface area contributed by atoms with Gasteiger partial charge in [-0.2, -0.15) is 0 Å². The summed E-state index contributed by atoms with van der Waals surface area (Å²) in [5.41, 5.74) is 1.49. The van der Waals surface area contributed by atoms with Crippen molar-refractivity contribution in [1.29, 1.82) is 0 Å². The number of hydrogen-bond donors (Lipinski definition) is 2. The van der Waals surface area contributed by atoms with Crippen LogP contribution in [0.2, 0.25) is 0 Å². The summed E-state index contributed by atoms with van der Waals surface area (Å²) in [6.45, 7) is 5.03. The molecule has 23 heavy (non-hydrogen) atoms. The van der Waals surface area contributed by atoms with Gasteiger partial charge in [0.2, 0.25) is 0 Å². The van der Waals surface area contributed by atoms with E-state index in [1.165, 1.54) is 0 Å². The molecule has 0 aliphatic heterocycles. The van der Waals surface area contributed by atoms with Gasteiger partial charge >= 0.3 is 0 Å². The van der Waals surface area contributed by atoms with E-state index in [0.29, 0.717) is 19.0 Å². The van der Waals surface area contributed by atoms with Crippen LogP contribution in [0.5, 0.6) is 0 Å². The molecule has 0 atom stereocenters. The zero-order chi connectivity index (χ0) is 16.7. The molecule has 1 aromatic carbocycles. The van der Waals surface area contributed by atoms with Gasteiger partial charge < -0.3 is 10.6 Å². The molecule has 1 aromatic heterocycles. The second kappa shape index (κ2) is 8.08. The summed E-state index contributed by atoms with van der Waals surface area (Å²) in [7, 11) is 0. The smallest absolute Gasteiger partial charge is 0.270 e. The highest BCUT2D eigenvalue weighted by Crippen LogP contribution is 2.02. The second-order valence-electron chi connectivity index (χ2n) is 5.68. The maximum atomic E-state index is 12.2. The van der Waals surface area contributed by atoms with Crippen LogP contribution in [0.1, 0.15) is 40.4 Å². The Bertz CT molecular complexity index is 669. The molecule has 5 heteroatoms. The molecular formula is C18H21N3O2. The van der Waals surface area contributed by atoms with Crippen molar-refractivity contribution in [3.63, 3.8) is 0 Å². The Morgan fingerprint density at radius 3 is 2.13 bits per heavy atom. The molecule has 1 heterocycles. The van der Waals surface area contributed by atoms with Crippen LogP contribution in [0.25, 0.3) is 0 Å². The lowest BCUT2D eigenvalue weighted by Gasteiger charge is -2.08. The number of pyridine rings is 1. The predicted molar refractivity (Wildman–Crippen MR) is 89.0 cm³/mol. The first-order valence-corrected chi connectivity index (χ1v) is 7.63. The Balaban J connectivity index is 1.98. The van der Waals surface area contributed by atoms with Gasteiger partial charge in [0.25, 0.3) is 11.8 Å². The average Bonchev–Trinajstić information content (AvgIpc) is 2.58. The molecule has 0 spiro atoms. The zero-order valence-electron chi connectivity index (χ0n) is 13.4. The second-order valence-corrected chi connectivity index (χ2v) is 5.68. The van der Waals surface area contributed by atoms with Crippen molar-refractivity contribution in [2.75, 3.05) is 6.54 Å². The van der Waals surface area contributed by atoms with E-state index in [0.717, 1.165) is 5.56 Å². The van der Waals surface area contributed by atoms with Crippen LogP contribution >= 0.6 is 0 Å². The Hall–Kier alpha value is -2.69. The number of nitrogens with one attached hydrogen (secondary N) is 2. The molecule has 120 valence electrons. The largest absolute Gasteiger partial charge is 0.350 e. The van der Waals surface area contributed by atoms with Gasteiger partial charge in [-0.15, -0.1) is 0 Å². The molecule has 2 N–H and O–H groups in total. The van der Waals surface area contributed by atoms with E-state index < -0.39 is 0 Å². The summed E-state index contributed by atoms with van der Waals surface area (Å²) in [5, 5.41) is 5.59. The predicted octanol–water partition coefficient (Wildman–Crippen LogP) is 2.40. The third-order valence-corrected chi connectivity index (χ3v) is 3.18. The highest BCUT2D eigenvalue weighted by atomic mass is 16.2. The lowest BCUT2D eigenvalue weighted by Crippen LogP contribution is -2.29. The van der Waals surface area contributed by atoms with Gasteiger partial charge in [-0.25, -0.2) is 4.98 Å². The number of nitrogens with zero attached hydrogens (tertiary/aromatic N) is 1. The van der Waals surface area contributed by atoms with Crippen LogP contribution < -0.4 is 10.6 Å². The van der Waals surface area contributed by atoms with Crippen molar-refractivity contribution in [3.8, 4) is 0 Å². The SMILES string of the molecule is CC(C)CNC(=O)c1cccc(C(=O)NCc2ccccc2)n1. The van der Waals surface area contributed by atoms with Crippen molar-refractivity contribution < 1.29 is 9.59 Å². The Morgan fingerprint density at radius 1 is 0.913 bits per heavy atom. The molecular weight excluding hydrogens is 290 g/mol. The van der Waals surface area contributed by atoms with Crippen molar-refractivity contribution in [3.05, 3.63) is 65.5 Å². The van der Waals surface area contributed by atoms with Crippen LogP contribution in [-0.2, 0) is 6.54 Å². The van der Waals surface area contributed by atoms with E-state index in [1.54, 1.807) is 18.2 Å². The summed E-state index contributed by atoms with van der Waals surface area (Å²) >= 11 is 0. The van der Waals surface area contributed by atoms with E-state index >= 15 is 0 Å². The molecule has 0 unspecified atom stereocenters. The molecule has 0 saturated carbocycles. The molecule has 0 radical (unpaired) electrons. The number of benzene rings is 1. The summed E-state index contributed by atoms with van der Waals surface area (Å²) in [6, 6.07) is 14.5. The Kier molecular flexibility index (Phi) is 5.86. The lowest BCUT2D eigenvalue weighted by atomic mass is 10.2. The number of carbonyl (C=O) groups is 2. The van der Waals surface area contributed by atoms with E-state index in [9.17, 15) is 9.59 Å². The Morgan fingerprint density at radius 2 is 1.52 bits per heavy atom. The highest BCUT2D eigenvalue weighted by Gasteiger charge is 2.12. The number of rotatable bonds is 6. The molecule has 0 bridgehead atoms. The van der Waals surface area contributed by atoms with Crippen LogP contribution in [0, 0.1) is 5.92 Å². The van der Waals surface area contributed by atoms with Gasteiger partial charge in [-0.1, -0.05) is 50.2 Å². The van der Waals surface area contributed by atoms with Crippen molar-refractivity contribution in [2.45, 2.75) is 20.4 Å². The summed E-state index contributed by atoms with van der Waals surface area (Å²) < 4.78 is 0. The van der Waals surface area contributed by atoms with E-state index in [1.807, 2.05) is 44.2 Å². The highest BCUT2D eigenvalue weighted by molar-refractivity contribution is 5.96. The Labute approximate surface area is 136 Å². The summed E-state index contributed by atoms with van der Waals surface area (Å²) in [6.07, 6.45) is 0. The van der Waals surface area contributed by atoms with Crippen LogP contribution in [0.15, 0.2) is 48.5 Å². The maximum absolute atomic E-state index is 12.2. The van der Waals surface area contributed by atoms with Gasteiger partial charge in [-0.05, 0) is 23.6 Å². The lowest BCUT2D eigenvalue weighted by molar-refractivity contribution is 0.0940. The maximum Gasteiger partial charge on any atom is 0.270 e. The topological polar surface area (TPSA) is 71.1 Å². The fourth-order valence-corrected chi connectivity index (χ4v) is 1.94. The van der Waals surface area contributed by atoms with Crippen LogP contribution in [0.4, 0.5) is 0 Å². The zero-order valence-corrected chi connectivity index (χ0v) is 13.4. The first-order valence-electron chi connectivity index (χ1n) is 7.63. The van der Waals surface area contributed by atoms with E-state index in [-0.39, 0.29) is 23.2 Å². The van der Waals surface area contributed by atoms with Gasteiger partial charge in [-0.3, -0.25) is 9.59 Å². The van der Waals surface area contributed by atoms with Crippen LogP contribution in [-0.4, -0.2) is 23.3 Å². The third-order valence-electron chi connectivity index (χ3n) is 3.18. The summed E-state index contributed by atoms with van der Waals surface area (Å²) in [5.74, 6) is -0.208. The van der Waals surface area contributed by atoms with E-state index in [4.69, 9.17) is 0 Å². The summed E-state index contributed by atoms with van der Waals surface area (Å²) in [4.78, 5) is 28.3. The number of aromatic nitrogens is 1. The van der Waals surface area contributed by atoms with Crippen molar-refractivity contribution in [1.82, 2.24) is 15.6 Å². The van der Waals surface area contributed by atoms with Gasteiger partial charge in [0.1, 0.15) is 11.4 Å². The first-order chi connectivity index (χ1) is 11.1. The minimum absolute atomic E-state index is 0.234. The third kappa shape index (κ3) is 5.21. The fourth-order valence-electron chi connectivity index (χ4n) is 1.94. The first kappa shape index (κ1) is 16.7. The van der Waals surface area contributed by atoms with Gasteiger partial charge in [0.05, 0.1) is 0 Å². The fraction of sp³-hybridized carbons (Fsp3) is 0.278. The average molecular weight is 311 g/mol. The molecule has 2 aromatic rings. The van der Waals surface area contributed by atoms with Gasteiger partial charge in [0.15, 0.2) is 0 Å². The molecule has 2 amide bonds. The molecule has 2 rings (SSSR count). The molecule has 0 fully saturated rings. The van der Waals surface area contributed by atoms with Crippen LogP contribution in [0.3, 0.4) is 0 Å². The van der Waals surface area contributed by atoms with Crippen molar-refractivity contribution >= 4 is 11.8 Å². The van der Waals surface area contributed by atoms with E-state index in [2.05, 4.69) is 15.6 Å². The van der Waals surface area contributed by atoms with Crippen molar-refractivity contribution in [2.24, 2.45) is 5.92 Å². The molecule has 0 saturated heterocycles. The standard InChI is InChI=1S/C18H21N3O2/c1-13(2)11-19-17(22)15-9-6-10-16(21-15)18(23)20-12-14-7-4-3-5-8-14/h3-10,13H,11-12H2,1-2H3,(H,19,22)(H,20,23).